The smallest absolute Gasteiger partial charge is 0.246 e. The van der Waals surface area contributed by atoms with Crippen molar-refractivity contribution in [2.24, 2.45) is 0 Å². The highest BCUT2D eigenvalue weighted by atomic mass is 15.4. The Balaban J connectivity index is 1.66. The van der Waals surface area contributed by atoms with Gasteiger partial charge in [-0.25, -0.2) is 4.98 Å². The van der Waals surface area contributed by atoms with Gasteiger partial charge in [0.1, 0.15) is 5.52 Å². The number of fused-ring (bicyclic) bond motifs is 1. The fraction of sp³-hybridized carbons (Fsp3) is 0.533. The Morgan fingerprint density at radius 1 is 1.05 bits per heavy atom. The Labute approximate surface area is 118 Å². The molecule has 0 spiro atoms. The summed E-state index contributed by atoms with van der Waals surface area (Å²) in [5, 5.41) is 12.3. The van der Waals surface area contributed by atoms with Gasteiger partial charge in [-0.1, -0.05) is 12.1 Å². The molecule has 0 amide bonds. The number of nitrogens with zero attached hydrogens (tertiary/aromatic N) is 4. The van der Waals surface area contributed by atoms with Crippen molar-refractivity contribution >= 4 is 17.0 Å². The third-order valence-electron chi connectivity index (χ3n) is 4.47. The summed E-state index contributed by atoms with van der Waals surface area (Å²) in [6.07, 6.45) is 5.00. The van der Waals surface area contributed by atoms with Crippen LogP contribution >= 0.6 is 0 Å². The van der Waals surface area contributed by atoms with Crippen LogP contribution < -0.4 is 10.2 Å². The number of anilines is 1. The van der Waals surface area contributed by atoms with Gasteiger partial charge in [-0.3, -0.25) is 0 Å². The van der Waals surface area contributed by atoms with Crippen LogP contribution in [0.1, 0.15) is 25.7 Å². The first kappa shape index (κ1) is 12.0. The summed E-state index contributed by atoms with van der Waals surface area (Å²) < 4.78 is 0. The second kappa shape index (κ2) is 4.98. The Morgan fingerprint density at radius 3 is 2.80 bits per heavy atom. The van der Waals surface area contributed by atoms with Gasteiger partial charge in [-0.2, -0.15) is 0 Å². The van der Waals surface area contributed by atoms with E-state index in [1.54, 1.807) is 0 Å². The first-order valence-corrected chi connectivity index (χ1v) is 7.51. The molecular formula is C15H19N5. The zero-order valence-electron chi connectivity index (χ0n) is 11.5. The molecule has 2 unspecified atom stereocenters. The number of hydrogen-bond acceptors (Lipinski definition) is 5. The maximum Gasteiger partial charge on any atom is 0.246 e. The molecule has 5 heteroatoms. The maximum absolute atomic E-state index is 4.70. The molecule has 0 aliphatic carbocycles. The van der Waals surface area contributed by atoms with Crippen LogP contribution in [-0.2, 0) is 0 Å². The second-order valence-electron chi connectivity index (χ2n) is 5.71. The van der Waals surface area contributed by atoms with E-state index in [0.717, 1.165) is 30.1 Å². The summed E-state index contributed by atoms with van der Waals surface area (Å²) in [6, 6.07) is 9.05. The molecule has 2 aromatic rings. The lowest BCUT2D eigenvalue weighted by Gasteiger charge is -2.29. The van der Waals surface area contributed by atoms with Crippen molar-refractivity contribution in [3.8, 4) is 0 Å². The van der Waals surface area contributed by atoms with Crippen LogP contribution in [0.2, 0.25) is 0 Å². The van der Waals surface area contributed by atoms with Crippen molar-refractivity contribution in [3.63, 3.8) is 0 Å². The van der Waals surface area contributed by atoms with Crippen molar-refractivity contribution in [1.82, 2.24) is 20.5 Å². The van der Waals surface area contributed by atoms with Gasteiger partial charge in [-0.15, -0.1) is 10.2 Å². The van der Waals surface area contributed by atoms with Gasteiger partial charge < -0.3 is 10.2 Å². The van der Waals surface area contributed by atoms with E-state index in [2.05, 4.69) is 20.4 Å². The number of nitrogens with one attached hydrogen (secondary N) is 1. The molecule has 1 aromatic carbocycles. The molecule has 0 saturated carbocycles. The van der Waals surface area contributed by atoms with Crippen LogP contribution in [0.25, 0.3) is 11.0 Å². The molecule has 20 heavy (non-hydrogen) atoms. The largest absolute Gasteiger partial charge is 0.335 e. The number of rotatable bonds is 2. The third-order valence-corrected chi connectivity index (χ3v) is 4.47. The molecule has 1 N–H and O–H groups in total. The molecule has 0 radical (unpaired) electrons. The van der Waals surface area contributed by atoms with E-state index in [-0.39, 0.29) is 0 Å². The van der Waals surface area contributed by atoms with Gasteiger partial charge in [0, 0.05) is 18.6 Å². The summed E-state index contributed by atoms with van der Waals surface area (Å²) in [5.74, 6) is 0.792. The third kappa shape index (κ3) is 2.02. The van der Waals surface area contributed by atoms with Crippen LogP contribution in [0, 0.1) is 0 Å². The quantitative estimate of drug-likeness (QED) is 0.900. The molecule has 5 nitrogen and oxygen atoms in total. The van der Waals surface area contributed by atoms with E-state index in [9.17, 15) is 0 Å². The van der Waals surface area contributed by atoms with Gasteiger partial charge in [0.15, 0.2) is 0 Å². The molecule has 2 aliphatic heterocycles. The van der Waals surface area contributed by atoms with E-state index in [1.165, 1.54) is 25.7 Å². The number of benzene rings is 1. The normalized spacial score (nSPS) is 26.5. The van der Waals surface area contributed by atoms with E-state index in [1.807, 2.05) is 24.3 Å². The molecule has 104 valence electrons. The van der Waals surface area contributed by atoms with Crippen LogP contribution in [0.5, 0.6) is 0 Å². The monoisotopic (exact) mass is 269 g/mol. The van der Waals surface area contributed by atoms with Gasteiger partial charge in [-0.05, 0) is 44.4 Å². The van der Waals surface area contributed by atoms with Gasteiger partial charge in [0.2, 0.25) is 5.95 Å². The summed E-state index contributed by atoms with van der Waals surface area (Å²) >= 11 is 0. The molecule has 1 aromatic heterocycles. The molecular weight excluding hydrogens is 250 g/mol. The average Bonchev–Trinajstić information content (AvgIpc) is 3.17. The maximum atomic E-state index is 4.70. The SMILES string of the molecule is c1ccc2nc(N3CCCC3C3CCCN3)nnc2c1. The zero-order chi connectivity index (χ0) is 13.4. The molecule has 4 rings (SSSR count). The molecule has 3 heterocycles. The highest BCUT2D eigenvalue weighted by Gasteiger charge is 2.34. The lowest BCUT2D eigenvalue weighted by Crippen LogP contribution is -2.44. The van der Waals surface area contributed by atoms with E-state index in [0.29, 0.717) is 12.1 Å². The van der Waals surface area contributed by atoms with Gasteiger partial charge in [0.05, 0.1) is 5.52 Å². The molecule has 2 aliphatic rings. The van der Waals surface area contributed by atoms with E-state index in [4.69, 9.17) is 4.98 Å². The number of para-hydroxylation sites is 1. The van der Waals surface area contributed by atoms with Gasteiger partial charge in [0.25, 0.3) is 0 Å². The predicted molar refractivity (Wildman–Crippen MR) is 78.7 cm³/mol. The summed E-state index contributed by atoms with van der Waals surface area (Å²) in [4.78, 5) is 7.05. The minimum absolute atomic E-state index is 0.528. The van der Waals surface area contributed by atoms with Crippen molar-refractivity contribution in [1.29, 1.82) is 0 Å². The first-order valence-electron chi connectivity index (χ1n) is 7.51. The first-order chi connectivity index (χ1) is 9.92. The highest BCUT2D eigenvalue weighted by Crippen LogP contribution is 2.28. The van der Waals surface area contributed by atoms with E-state index >= 15 is 0 Å². The number of aromatic nitrogens is 3. The minimum Gasteiger partial charge on any atom is -0.335 e. The van der Waals surface area contributed by atoms with Crippen LogP contribution in [0.3, 0.4) is 0 Å². The molecule has 2 saturated heterocycles. The van der Waals surface area contributed by atoms with Crippen molar-refractivity contribution in [2.45, 2.75) is 37.8 Å². The number of hydrogen-bond donors (Lipinski definition) is 1. The van der Waals surface area contributed by atoms with Crippen LogP contribution in [0.4, 0.5) is 5.95 Å². The van der Waals surface area contributed by atoms with E-state index < -0.39 is 0 Å². The highest BCUT2D eigenvalue weighted by molar-refractivity contribution is 5.74. The van der Waals surface area contributed by atoms with Crippen LogP contribution in [-0.4, -0.2) is 40.4 Å². The molecule has 2 atom stereocenters. The second-order valence-corrected chi connectivity index (χ2v) is 5.71. The van der Waals surface area contributed by atoms with Crippen molar-refractivity contribution in [3.05, 3.63) is 24.3 Å². The fourth-order valence-electron chi connectivity index (χ4n) is 3.49. The standard InChI is InChI=1S/C15H19N5/c1-2-6-12-11(5-1)17-15(19-18-12)20-10-4-8-14(20)13-7-3-9-16-13/h1-2,5-6,13-14,16H,3-4,7-10H2. The summed E-state index contributed by atoms with van der Waals surface area (Å²) in [6.45, 7) is 2.19. The Hall–Kier alpha value is -1.75. The van der Waals surface area contributed by atoms with Crippen molar-refractivity contribution < 1.29 is 0 Å². The Kier molecular flexibility index (Phi) is 2.99. The summed E-state index contributed by atoms with van der Waals surface area (Å²) in [5.41, 5.74) is 1.80. The van der Waals surface area contributed by atoms with Crippen LogP contribution in [0.15, 0.2) is 24.3 Å². The zero-order valence-corrected chi connectivity index (χ0v) is 11.5. The average molecular weight is 269 g/mol. The fourth-order valence-corrected chi connectivity index (χ4v) is 3.49. The lowest BCUT2D eigenvalue weighted by molar-refractivity contribution is 0.478. The molecule has 0 bridgehead atoms. The van der Waals surface area contributed by atoms with Gasteiger partial charge >= 0.3 is 0 Å². The topological polar surface area (TPSA) is 53.9 Å². The predicted octanol–water partition coefficient (Wildman–Crippen LogP) is 1.75. The van der Waals surface area contributed by atoms with Crippen molar-refractivity contribution in [2.75, 3.05) is 18.0 Å². The Morgan fingerprint density at radius 2 is 1.95 bits per heavy atom. The minimum atomic E-state index is 0.528. The Bertz CT molecular complexity index is 608. The summed E-state index contributed by atoms with van der Waals surface area (Å²) in [7, 11) is 0. The lowest BCUT2D eigenvalue weighted by atomic mass is 10.0. The molecule has 2 fully saturated rings.